The van der Waals surface area contributed by atoms with Crippen molar-refractivity contribution in [2.24, 2.45) is 0 Å². The first-order valence-corrected chi connectivity index (χ1v) is 6.95. The molecule has 3 rings (SSSR count). The number of hydrogen-bond donors (Lipinski definition) is 0. The third-order valence-electron chi connectivity index (χ3n) is 2.81. The summed E-state index contributed by atoms with van der Waals surface area (Å²) in [4.78, 5) is 5.26. The number of aromatic nitrogens is 1. The average molecular weight is 267 g/mol. The van der Waals surface area contributed by atoms with Crippen LogP contribution in [0.4, 0.5) is 0 Å². The number of thiophene rings is 1. The van der Waals surface area contributed by atoms with E-state index in [1.807, 2.05) is 30.3 Å². The molecule has 0 atom stereocenters. The second kappa shape index (κ2) is 5.67. The second-order valence-electron chi connectivity index (χ2n) is 4.13. The first-order chi connectivity index (χ1) is 9.42. The fraction of sp³-hybridized carbons (Fsp3) is 0.0625. The van der Waals surface area contributed by atoms with Crippen molar-refractivity contribution in [3.63, 3.8) is 0 Å². The van der Waals surface area contributed by atoms with Gasteiger partial charge in [0.1, 0.15) is 12.4 Å². The van der Waals surface area contributed by atoms with Crippen molar-refractivity contribution in [3.8, 4) is 16.9 Å². The second-order valence-corrected chi connectivity index (χ2v) is 5.16. The van der Waals surface area contributed by atoms with E-state index in [0.717, 1.165) is 16.9 Å². The smallest absolute Gasteiger partial charge is 0.122 e. The maximum atomic E-state index is 5.81. The Bertz CT molecular complexity index is 635. The van der Waals surface area contributed by atoms with E-state index in [9.17, 15) is 0 Å². The van der Waals surface area contributed by atoms with Gasteiger partial charge in [0.05, 0.1) is 0 Å². The predicted octanol–water partition coefficient (Wildman–Crippen LogP) is 4.39. The van der Waals surface area contributed by atoms with E-state index in [1.54, 1.807) is 23.7 Å². The van der Waals surface area contributed by atoms with Crippen molar-refractivity contribution in [1.29, 1.82) is 0 Å². The highest BCUT2D eigenvalue weighted by Gasteiger charge is 2.00. The summed E-state index contributed by atoms with van der Waals surface area (Å²) in [7, 11) is 0. The maximum absolute atomic E-state index is 5.81. The molecule has 0 radical (unpaired) electrons. The first-order valence-electron chi connectivity index (χ1n) is 6.07. The van der Waals surface area contributed by atoms with Crippen molar-refractivity contribution in [2.75, 3.05) is 0 Å². The molecular formula is C16H13NOS. The third-order valence-corrected chi connectivity index (χ3v) is 3.66. The van der Waals surface area contributed by atoms with Crippen molar-refractivity contribution in [2.45, 2.75) is 6.61 Å². The van der Waals surface area contributed by atoms with E-state index < -0.39 is 0 Å². The van der Waals surface area contributed by atoms with Gasteiger partial charge in [0.15, 0.2) is 0 Å². The molecule has 0 unspecified atom stereocenters. The third kappa shape index (κ3) is 3.01. The van der Waals surface area contributed by atoms with Crippen LogP contribution in [0.1, 0.15) is 4.88 Å². The number of benzene rings is 1. The topological polar surface area (TPSA) is 22.1 Å². The summed E-state index contributed by atoms with van der Waals surface area (Å²) in [5.41, 5.74) is 2.29. The van der Waals surface area contributed by atoms with E-state index in [-0.39, 0.29) is 0 Å². The number of hydrogen-bond acceptors (Lipinski definition) is 3. The lowest BCUT2D eigenvalue weighted by molar-refractivity contribution is 0.310. The van der Waals surface area contributed by atoms with Crippen molar-refractivity contribution in [3.05, 3.63) is 71.2 Å². The predicted molar refractivity (Wildman–Crippen MR) is 78.3 cm³/mol. The summed E-state index contributed by atoms with van der Waals surface area (Å²) in [6, 6.07) is 16.2. The summed E-state index contributed by atoms with van der Waals surface area (Å²) in [6.07, 6.45) is 3.60. The van der Waals surface area contributed by atoms with Gasteiger partial charge >= 0.3 is 0 Å². The summed E-state index contributed by atoms with van der Waals surface area (Å²) in [5.74, 6) is 0.891. The molecular weight excluding hydrogens is 254 g/mol. The van der Waals surface area contributed by atoms with Gasteiger partial charge in [0, 0.05) is 17.3 Å². The zero-order chi connectivity index (χ0) is 12.9. The minimum Gasteiger partial charge on any atom is -0.488 e. The summed E-state index contributed by atoms with van der Waals surface area (Å²) < 4.78 is 5.81. The van der Waals surface area contributed by atoms with Gasteiger partial charge in [-0.1, -0.05) is 18.2 Å². The Morgan fingerprint density at radius 2 is 1.84 bits per heavy atom. The summed E-state index contributed by atoms with van der Waals surface area (Å²) >= 11 is 1.71. The Morgan fingerprint density at radius 3 is 2.63 bits per heavy atom. The van der Waals surface area contributed by atoms with Gasteiger partial charge in [-0.2, -0.15) is 0 Å². The largest absolute Gasteiger partial charge is 0.488 e. The first kappa shape index (κ1) is 11.9. The van der Waals surface area contributed by atoms with E-state index >= 15 is 0 Å². The molecule has 19 heavy (non-hydrogen) atoms. The molecule has 0 amide bonds. The normalized spacial score (nSPS) is 10.3. The minimum atomic E-state index is 0.622. The molecule has 0 aliphatic carbocycles. The van der Waals surface area contributed by atoms with Crippen LogP contribution < -0.4 is 4.74 Å². The van der Waals surface area contributed by atoms with E-state index in [0.29, 0.717) is 6.61 Å². The zero-order valence-electron chi connectivity index (χ0n) is 10.3. The molecule has 2 aromatic heterocycles. The van der Waals surface area contributed by atoms with Gasteiger partial charge in [0.25, 0.3) is 0 Å². The summed E-state index contributed by atoms with van der Waals surface area (Å²) in [5, 5.41) is 2.06. The highest BCUT2D eigenvalue weighted by atomic mass is 32.1. The van der Waals surface area contributed by atoms with Crippen LogP contribution in [-0.4, -0.2) is 4.98 Å². The zero-order valence-corrected chi connectivity index (χ0v) is 11.1. The van der Waals surface area contributed by atoms with Crippen LogP contribution in [0.2, 0.25) is 0 Å². The van der Waals surface area contributed by atoms with Gasteiger partial charge in [-0.25, -0.2) is 0 Å². The SMILES string of the molecule is c1cc(OCc2cccs2)cc(-c2ccncc2)c1. The molecule has 0 saturated heterocycles. The molecule has 0 fully saturated rings. The molecule has 1 aromatic carbocycles. The van der Waals surface area contributed by atoms with Gasteiger partial charge in [-0.15, -0.1) is 11.3 Å². The van der Waals surface area contributed by atoms with Crippen LogP contribution in [0.5, 0.6) is 5.75 Å². The van der Waals surface area contributed by atoms with Crippen molar-refractivity contribution >= 4 is 11.3 Å². The Labute approximate surface area is 116 Å². The molecule has 0 spiro atoms. The highest BCUT2D eigenvalue weighted by Crippen LogP contribution is 2.24. The molecule has 0 bridgehead atoms. The van der Waals surface area contributed by atoms with Gasteiger partial charge in [-0.05, 0) is 46.8 Å². The van der Waals surface area contributed by atoms with Crippen LogP contribution in [0, 0.1) is 0 Å². The monoisotopic (exact) mass is 267 g/mol. The van der Waals surface area contributed by atoms with E-state index in [1.165, 1.54) is 4.88 Å². The molecule has 3 aromatic rings. The quantitative estimate of drug-likeness (QED) is 0.699. The molecule has 2 heterocycles. The lowest BCUT2D eigenvalue weighted by Gasteiger charge is -2.07. The fourth-order valence-electron chi connectivity index (χ4n) is 1.86. The van der Waals surface area contributed by atoms with E-state index in [2.05, 4.69) is 28.6 Å². The maximum Gasteiger partial charge on any atom is 0.122 e. The molecule has 94 valence electrons. The summed E-state index contributed by atoms with van der Waals surface area (Å²) in [6.45, 7) is 0.622. The minimum absolute atomic E-state index is 0.622. The Hall–Kier alpha value is -2.13. The van der Waals surface area contributed by atoms with Crippen molar-refractivity contribution < 1.29 is 4.74 Å². The fourth-order valence-corrected chi connectivity index (χ4v) is 2.48. The van der Waals surface area contributed by atoms with Crippen LogP contribution >= 0.6 is 11.3 Å². The number of nitrogens with zero attached hydrogens (tertiary/aromatic N) is 1. The van der Waals surface area contributed by atoms with Crippen LogP contribution in [-0.2, 0) is 6.61 Å². The number of pyridine rings is 1. The molecule has 2 nitrogen and oxygen atoms in total. The van der Waals surface area contributed by atoms with Gasteiger partial charge < -0.3 is 4.74 Å². The van der Waals surface area contributed by atoms with E-state index in [4.69, 9.17) is 4.74 Å². The van der Waals surface area contributed by atoms with Gasteiger partial charge in [-0.3, -0.25) is 4.98 Å². The highest BCUT2D eigenvalue weighted by molar-refractivity contribution is 7.09. The Balaban J connectivity index is 1.77. The van der Waals surface area contributed by atoms with Crippen LogP contribution in [0.15, 0.2) is 66.3 Å². The lowest BCUT2D eigenvalue weighted by atomic mass is 10.1. The number of ether oxygens (including phenoxy) is 1. The van der Waals surface area contributed by atoms with Gasteiger partial charge in [0.2, 0.25) is 0 Å². The molecule has 0 saturated carbocycles. The average Bonchev–Trinajstić information content (AvgIpc) is 3.00. The number of rotatable bonds is 4. The van der Waals surface area contributed by atoms with Crippen LogP contribution in [0.25, 0.3) is 11.1 Å². The Morgan fingerprint density at radius 1 is 0.947 bits per heavy atom. The molecule has 0 aliphatic rings. The molecule has 3 heteroatoms. The standard InChI is InChI=1S/C16H13NOS/c1-3-14(13-6-8-17-9-7-13)11-15(4-1)18-12-16-5-2-10-19-16/h1-11H,12H2. The molecule has 0 N–H and O–H groups in total. The molecule has 0 aliphatic heterocycles. The van der Waals surface area contributed by atoms with Crippen LogP contribution in [0.3, 0.4) is 0 Å². The lowest BCUT2D eigenvalue weighted by Crippen LogP contribution is -1.92. The van der Waals surface area contributed by atoms with Crippen molar-refractivity contribution in [1.82, 2.24) is 4.98 Å². The Kier molecular flexibility index (Phi) is 3.56.